The fraction of sp³-hybridized carbons (Fsp3) is 0.263. The Bertz CT molecular complexity index is 899. The number of benzene rings is 1. The minimum absolute atomic E-state index is 0.194. The fourth-order valence-electron chi connectivity index (χ4n) is 2.54. The zero-order valence-electron chi connectivity index (χ0n) is 14.9. The maximum absolute atomic E-state index is 9.40. The predicted molar refractivity (Wildman–Crippen MR) is 108 cm³/mol. The molecule has 2 heterocycles. The Morgan fingerprint density at radius 1 is 1.18 bits per heavy atom. The summed E-state index contributed by atoms with van der Waals surface area (Å²) in [5, 5.41) is 22.4. The second-order valence-corrected chi connectivity index (χ2v) is 6.99. The topological polar surface area (TPSA) is 92.4 Å². The van der Waals surface area contributed by atoms with Gasteiger partial charge in [0.15, 0.2) is 0 Å². The van der Waals surface area contributed by atoms with Gasteiger partial charge in [0.2, 0.25) is 5.88 Å². The number of ether oxygens (including phenoxy) is 1. The monoisotopic (exact) mass is 422 g/mol. The van der Waals surface area contributed by atoms with Crippen LogP contribution >= 0.6 is 23.2 Å². The molecule has 3 aromatic rings. The van der Waals surface area contributed by atoms with Crippen LogP contribution in [0.3, 0.4) is 0 Å². The first kappa shape index (κ1) is 20.4. The van der Waals surface area contributed by atoms with Crippen LogP contribution in [0.25, 0.3) is 0 Å². The van der Waals surface area contributed by atoms with E-state index in [9.17, 15) is 5.11 Å². The number of hydrogen-bond donors (Lipinski definition) is 3. The smallest absolute Gasteiger partial charge is 0.215 e. The van der Waals surface area contributed by atoms with Gasteiger partial charge in [0.25, 0.3) is 0 Å². The Kier molecular flexibility index (Phi) is 7.11. The first-order valence-corrected chi connectivity index (χ1v) is 9.36. The number of nitrogens with one attached hydrogen (secondary N) is 1. The maximum atomic E-state index is 9.40. The molecule has 0 fully saturated rings. The van der Waals surface area contributed by atoms with Crippen LogP contribution in [0.1, 0.15) is 11.4 Å². The van der Waals surface area contributed by atoms with Crippen molar-refractivity contribution in [3.8, 4) is 5.88 Å². The summed E-state index contributed by atoms with van der Waals surface area (Å²) in [5.41, 5.74) is 0.962. The standard InChI is InChI=1S/C19H20Cl2N4O3/c20-14-6-13(7-15(21)8-14)10-25-5-4-22-18(25)12-28-19-3-1-2-17(24-19)23-9-16(27)11-26/h1-8,16,26-27H,9-12H2,(H,23,24). The van der Waals surface area contributed by atoms with Gasteiger partial charge in [-0.25, -0.2) is 4.98 Å². The highest BCUT2D eigenvalue weighted by Crippen LogP contribution is 2.20. The van der Waals surface area contributed by atoms with Crippen molar-refractivity contribution in [3.05, 3.63) is 70.2 Å². The molecule has 1 atom stereocenters. The lowest BCUT2D eigenvalue weighted by Gasteiger charge is -2.12. The van der Waals surface area contributed by atoms with E-state index in [1.165, 1.54) is 0 Å². The van der Waals surface area contributed by atoms with E-state index in [0.29, 0.717) is 28.3 Å². The van der Waals surface area contributed by atoms with Crippen molar-refractivity contribution in [1.29, 1.82) is 0 Å². The molecule has 2 aromatic heterocycles. The van der Waals surface area contributed by atoms with Crippen LogP contribution in [0.15, 0.2) is 48.8 Å². The van der Waals surface area contributed by atoms with Crippen molar-refractivity contribution in [2.45, 2.75) is 19.3 Å². The number of aliphatic hydroxyl groups excluding tert-OH is 2. The summed E-state index contributed by atoms with van der Waals surface area (Å²) in [7, 11) is 0. The molecule has 148 valence electrons. The highest BCUT2D eigenvalue weighted by Gasteiger charge is 2.08. The van der Waals surface area contributed by atoms with E-state index in [1.54, 1.807) is 30.5 Å². The second-order valence-electron chi connectivity index (χ2n) is 6.12. The molecule has 9 heteroatoms. The number of anilines is 1. The van der Waals surface area contributed by atoms with Crippen LogP contribution in [-0.4, -0.2) is 44.0 Å². The molecule has 0 saturated heterocycles. The summed E-state index contributed by atoms with van der Waals surface area (Å²) in [4.78, 5) is 8.65. The molecule has 0 aliphatic carbocycles. The summed E-state index contributed by atoms with van der Waals surface area (Å²) in [6.45, 7) is 0.674. The molecule has 0 radical (unpaired) electrons. The van der Waals surface area contributed by atoms with Crippen molar-refractivity contribution < 1.29 is 14.9 Å². The largest absolute Gasteiger partial charge is 0.469 e. The average molecular weight is 423 g/mol. The van der Waals surface area contributed by atoms with Gasteiger partial charge in [-0.3, -0.25) is 0 Å². The minimum atomic E-state index is -0.848. The first-order chi connectivity index (χ1) is 13.5. The van der Waals surface area contributed by atoms with Crippen LogP contribution in [0, 0.1) is 0 Å². The van der Waals surface area contributed by atoms with E-state index in [4.69, 9.17) is 33.0 Å². The number of aromatic nitrogens is 3. The fourth-order valence-corrected chi connectivity index (χ4v) is 3.11. The summed E-state index contributed by atoms with van der Waals surface area (Å²) in [6, 6.07) is 10.7. The van der Waals surface area contributed by atoms with E-state index in [2.05, 4.69) is 15.3 Å². The zero-order chi connectivity index (χ0) is 19.9. The third kappa shape index (κ3) is 5.84. The molecule has 1 unspecified atom stereocenters. The van der Waals surface area contributed by atoms with Crippen LogP contribution in [0.2, 0.25) is 10.0 Å². The van der Waals surface area contributed by atoms with Crippen LogP contribution < -0.4 is 10.1 Å². The number of imidazole rings is 1. The van der Waals surface area contributed by atoms with Crippen LogP contribution in [0.4, 0.5) is 5.82 Å². The van der Waals surface area contributed by atoms with E-state index in [-0.39, 0.29) is 19.8 Å². The predicted octanol–water partition coefficient (Wildman–Crippen LogP) is 2.98. The number of halogens is 2. The maximum Gasteiger partial charge on any atom is 0.215 e. The SMILES string of the molecule is OCC(O)CNc1cccc(OCc2nccn2Cc2cc(Cl)cc(Cl)c2)n1. The van der Waals surface area contributed by atoms with Crippen LogP contribution in [0.5, 0.6) is 5.88 Å². The molecule has 28 heavy (non-hydrogen) atoms. The molecule has 3 N–H and O–H groups in total. The first-order valence-electron chi connectivity index (χ1n) is 8.61. The summed E-state index contributed by atoms with van der Waals surface area (Å²) >= 11 is 12.1. The van der Waals surface area contributed by atoms with Crippen LogP contribution in [-0.2, 0) is 13.2 Å². The highest BCUT2D eigenvalue weighted by atomic mass is 35.5. The van der Waals surface area contributed by atoms with Gasteiger partial charge in [-0.15, -0.1) is 0 Å². The van der Waals surface area contributed by atoms with Gasteiger partial charge in [-0.1, -0.05) is 29.3 Å². The molecule has 0 bridgehead atoms. The summed E-state index contributed by atoms with van der Waals surface area (Å²) in [6.07, 6.45) is 2.71. The normalized spacial score (nSPS) is 12.0. The Labute approximate surface area is 172 Å². The van der Waals surface area contributed by atoms with Gasteiger partial charge in [0, 0.05) is 41.6 Å². The third-order valence-corrected chi connectivity index (χ3v) is 4.32. The molecule has 7 nitrogen and oxygen atoms in total. The number of rotatable bonds is 9. The Morgan fingerprint density at radius 2 is 1.96 bits per heavy atom. The Balaban J connectivity index is 1.62. The molecule has 3 rings (SSSR count). The molecule has 0 spiro atoms. The van der Waals surface area contributed by atoms with Crippen molar-refractivity contribution in [2.24, 2.45) is 0 Å². The lowest BCUT2D eigenvalue weighted by Crippen LogP contribution is -2.23. The lowest BCUT2D eigenvalue weighted by molar-refractivity contribution is 0.105. The number of pyridine rings is 1. The van der Waals surface area contributed by atoms with Gasteiger partial charge >= 0.3 is 0 Å². The Hall–Kier alpha value is -2.32. The van der Waals surface area contributed by atoms with Crippen molar-refractivity contribution >= 4 is 29.0 Å². The molecule has 0 saturated carbocycles. The molecule has 1 aromatic carbocycles. The summed E-state index contributed by atoms with van der Waals surface area (Å²) < 4.78 is 7.70. The van der Waals surface area contributed by atoms with Gasteiger partial charge in [0.1, 0.15) is 18.2 Å². The zero-order valence-corrected chi connectivity index (χ0v) is 16.4. The third-order valence-electron chi connectivity index (χ3n) is 3.88. The van der Waals surface area contributed by atoms with Gasteiger partial charge in [-0.2, -0.15) is 4.98 Å². The molecular formula is C19H20Cl2N4O3. The number of aliphatic hydroxyl groups is 2. The van der Waals surface area contributed by atoms with Gasteiger partial charge in [0.05, 0.1) is 12.7 Å². The van der Waals surface area contributed by atoms with Gasteiger partial charge < -0.3 is 24.8 Å². The van der Waals surface area contributed by atoms with Gasteiger partial charge in [-0.05, 0) is 29.8 Å². The van der Waals surface area contributed by atoms with E-state index in [1.807, 2.05) is 22.9 Å². The van der Waals surface area contributed by atoms with Crippen molar-refractivity contribution in [1.82, 2.24) is 14.5 Å². The summed E-state index contributed by atoms with van der Waals surface area (Å²) in [5.74, 6) is 1.69. The molecule has 0 aliphatic heterocycles. The average Bonchev–Trinajstić information content (AvgIpc) is 3.11. The number of nitrogens with zero attached hydrogens (tertiary/aromatic N) is 3. The second kappa shape index (κ2) is 9.75. The van der Waals surface area contributed by atoms with E-state index in [0.717, 1.165) is 11.4 Å². The number of hydrogen-bond acceptors (Lipinski definition) is 6. The molecule has 0 aliphatic rings. The molecule has 0 amide bonds. The quantitative estimate of drug-likeness (QED) is 0.490. The van der Waals surface area contributed by atoms with Crippen molar-refractivity contribution in [3.63, 3.8) is 0 Å². The minimum Gasteiger partial charge on any atom is -0.469 e. The lowest BCUT2D eigenvalue weighted by atomic mass is 10.2. The highest BCUT2D eigenvalue weighted by molar-refractivity contribution is 6.34. The van der Waals surface area contributed by atoms with E-state index >= 15 is 0 Å². The Morgan fingerprint density at radius 3 is 2.71 bits per heavy atom. The van der Waals surface area contributed by atoms with Crippen molar-refractivity contribution in [2.75, 3.05) is 18.5 Å². The van der Waals surface area contributed by atoms with E-state index < -0.39 is 6.10 Å². The molecular weight excluding hydrogens is 403 g/mol.